The molecule has 0 heterocycles. The summed E-state index contributed by atoms with van der Waals surface area (Å²) >= 11 is 0. The average molecular weight is 916 g/mol. The van der Waals surface area contributed by atoms with Crippen LogP contribution in [0.15, 0.2) is 24.3 Å². The van der Waals surface area contributed by atoms with Crippen LogP contribution < -0.4 is 0 Å². The number of hydrogen-bond acceptors (Lipinski definition) is 6. The fourth-order valence-corrected chi connectivity index (χ4v) is 8.60. The zero-order valence-electron chi connectivity index (χ0n) is 43.8. The van der Waals surface area contributed by atoms with E-state index >= 15 is 0 Å². The van der Waals surface area contributed by atoms with Gasteiger partial charge in [-0.1, -0.05) is 276 Å². The van der Waals surface area contributed by atoms with Crippen LogP contribution in [0, 0.1) is 0 Å². The number of rotatable bonds is 53. The van der Waals surface area contributed by atoms with E-state index in [1.807, 2.05) is 0 Å². The lowest BCUT2D eigenvalue weighted by molar-refractivity contribution is -0.167. The minimum Gasteiger partial charge on any atom is -0.462 e. The van der Waals surface area contributed by atoms with Crippen molar-refractivity contribution in [3.8, 4) is 0 Å². The van der Waals surface area contributed by atoms with E-state index in [0.717, 1.165) is 83.5 Å². The van der Waals surface area contributed by atoms with E-state index in [9.17, 15) is 14.4 Å². The van der Waals surface area contributed by atoms with E-state index in [2.05, 4.69) is 45.1 Å². The van der Waals surface area contributed by atoms with Gasteiger partial charge in [0.15, 0.2) is 6.10 Å². The Morgan fingerprint density at radius 3 is 0.908 bits per heavy atom. The van der Waals surface area contributed by atoms with Gasteiger partial charge in [-0.3, -0.25) is 14.4 Å². The second kappa shape index (κ2) is 54.5. The molecule has 0 spiro atoms. The predicted molar refractivity (Wildman–Crippen MR) is 279 cm³/mol. The molecule has 0 aromatic rings. The molecule has 65 heavy (non-hydrogen) atoms. The maximum atomic E-state index is 12.8. The van der Waals surface area contributed by atoms with E-state index in [1.54, 1.807) is 0 Å². The molecule has 0 aliphatic heterocycles. The number of ether oxygens (including phenoxy) is 3. The molecule has 6 nitrogen and oxygen atoms in total. The van der Waals surface area contributed by atoms with Crippen LogP contribution in [-0.2, 0) is 28.6 Å². The van der Waals surface area contributed by atoms with Crippen molar-refractivity contribution < 1.29 is 28.6 Å². The highest BCUT2D eigenvalue weighted by molar-refractivity contribution is 5.71. The lowest BCUT2D eigenvalue weighted by atomic mass is 10.0. The Morgan fingerprint density at radius 2 is 0.585 bits per heavy atom. The standard InChI is InChI=1S/C59H110O6/c1-4-7-10-13-16-19-22-25-27-29-31-34-37-40-43-46-49-52-58(61)64-55-56(54-63-57(60)51-48-45-42-39-36-33-24-21-18-15-12-9-6-3)65-59(62)53-50-47-44-41-38-35-32-30-28-26-23-20-17-14-11-8-5-2/h12,15,21,24,56H,4-11,13-14,16-20,22-23,25-55H2,1-3H3/b15-12-,24-21-. The first-order valence-electron chi connectivity index (χ1n) is 28.8. The Morgan fingerprint density at radius 1 is 0.308 bits per heavy atom. The van der Waals surface area contributed by atoms with Gasteiger partial charge in [0.1, 0.15) is 13.2 Å². The molecule has 0 amide bonds. The lowest BCUT2D eigenvalue weighted by Gasteiger charge is -2.18. The molecule has 0 radical (unpaired) electrons. The van der Waals surface area contributed by atoms with Crippen molar-refractivity contribution in [3.05, 3.63) is 24.3 Å². The molecule has 0 fully saturated rings. The zero-order valence-corrected chi connectivity index (χ0v) is 43.8. The third-order valence-electron chi connectivity index (χ3n) is 12.9. The molecule has 0 aliphatic carbocycles. The first-order chi connectivity index (χ1) is 32.0. The molecule has 0 aromatic heterocycles. The number of carbonyl (C=O) groups excluding carboxylic acids is 3. The Kier molecular flexibility index (Phi) is 52.7. The summed E-state index contributed by atoms with van der Waals surface area (Å²) in [5.74, 6) is -0.863. The summed E-state index contributed by atoms with van der Waals surface area (Å²) in [5, 5.41) is 0. The van der Waals surface area contributed by atoms with Gasteiger partial charge in [-0.05, 0) is 44.9 Å². The SMILES string of the molecule is CCC/C=C\C/C=C\CCCCCCCC(=O)OCC(COC(=O)CCCCCCCCCCCCCCCCCCC)OC(=O)CCCCCCCCCCCCCCCCCCC. The van der Waals surface area contributed by atoms with E-state index in [4.69, 9.17) is 14.2 Å². The van der Waals surface area contributed by atoms with Gasteiger partial charge in [-0.25, -0.2) is 0 Å². The Hall–Kier alpha value is -2.11. The van der Waals surface area contributed by atoms with Crippen molar-refractivity contribution >= 4 is 17.9 Å². The lowest BCUT2D eigenvalue weighted by Crippen LogP contribution is -2.30. The summed E-state index contributed by atoms with van der Waals surface area (Å²) in [4.78, 5) is 38.1. The first-order valence-corrected chi connectivity index (χ1v) is 28.8. The number of carbonyl (C=O) groups is 3. The molecule has 0 N–H and O–H groups in total. The Bertz CT molecular complexity index is 1050. The molecule has 0 rings (SSSR count). The highest BCUT2D eigenvalue weighted by atomic mass is 16.6. The van der Waals surface area contributed by atoms with Crippen molar-refractivity contribution in [1.29, 1.82) is 0 Å². The van der Waals surface area contributed by atoms with Crippen LogP contribution in [-0.4, -0.2) is 37.2 Å². The number of unbranched alkanes of at least 4 members (excludes halogenated alkanes) is 38. The largest absolute Gasteiger partial charge is 0.462 e. The van der Waals surface area contributed by atoms with E-state index in [1.165, 1.54) is 193 Å². The third kappa shape index (κ3) is 52.7. The summed E-state index contributed by atoms with van der Waals surface area (Å²) in [6.45, 7) is 6.62. The molecule has 0 saturated heterocycles. The van der Waals surface area contributed by atoms with Gasteiger partial charge in [0.25, 0.3) is 0 Å². The monoisotopic (exact) mass is 915 g/mol. The van der Waals surface area contributed by atoms with E-state index in [0.29, 0.717) is 19.3 Å². The number of esters is 3. The van der Waals surface area contributed by atoms with Crippen molar-refractivity contribution in [3.63, 3.8) is 0 Å². The average Bonchev–Trinajstić information content (AvgIpc) is 3.30. The van der Waals surface area contributed by atoms with Crippen molar-refractivity contribution in [1.82, 2.24) is 0 Å². The number of allylic oxidation sites excluding steroid dienone is 4. The van der Waals surface area contributed by atoms with Gasteiger partial charge < -0.3 is 14.2 Å². The Balaban J connectivity index is 4.31. The summed E-state index contributed by atoms with van der Waals surface area (Å²) in [6, 6.07) is 0. The second-order valence-electron chi connectivity index (χ2n) is 19.6. The van der Waals surface area contributed by atoms with E-state index in [-0.39, 0.29) is 31.1 Å². The summed E-state index contributed by atoms with van der Waals surface area (Å²) in [6.07, 6.45) is 63.1. The fraction of sp³-hybridized carbons (Fsp3) is 0.881. The highest BCUT2D eigenvalue weighted by Gasteiger charge is 2.19. The quantitative estimate of drug-likeness (QED) is 0.0262. The summed E-state index contributed by atoms with van der Waals surface area (Å²) in [5.41, 5.74) is 0. The van der Waals surface area contributed by atoms with Gasteiger partial charge in [0, 0.05) is 19.3 Å². The van der Waals surface area contributed by atoms with Crippen molar-refractivity contribution in [2.75, 3.05) is 13.2 Å². The minimum atomic E-state index is -0.771. The highest BCUT2D eigenvalue weighted by Crippen LogP contribution is 2.17. The van der Waals surface area contributed by atoms with Gasteiger partial charge in [0.2, 0.25) is 0 Å². The van der Waals surface area contributed by atoms with E-state index < -0.39 is 6.10 Å². The second-order valence-corrected chi connectivity index (χ2v) is 19.6. The van der Waals surface area contributed by atoms with Gasteiger partial charge in [-0.15, -0.1) is 0 Å². The maximum Gasteiger partial charge on any atom is 0.306 e. The molecule has 0 saturated carbocycles. The molecule has 1 unspecified atom stereocenters. The normalized spacial score (nSPS) is 12.1. The molecular weight excluding hydrogens is 805 g/mol. The van der Waals surface area contributed by atoms with Crippen LogP contribution in [0.1, 0.15) is 316 Å². The van der Waals surface area contributed by atoms with Gasteiger partial charge >= 0.3 is 17.9 Å². The summed E-state index contributed by atoms with van der Waals surface area (Å²) in [7, 11) is 0. The molecule has 1 atom stereocenters. The van der Waals surface area contributed by atoms with Crippen LogP contribution >= 0.6 is 0 Å². The molecule has 0 bridgehead atoms. The minimum absolute atomic E-state index is 0.0701. The van der Waals surface area contributed by atoms with Gasteiger partial charge in [-0.2, -0.15) is 0 Å². The molecular formula is C59H110O6. The van der Waals surface area contributed by atoms with Crippen LogP contribution in [0.25, 0.3) is 0 Å². The molecule has 382 valence electrons. The molecule has 0 aromatic carbocycles. The van der Waals surface area contributed by atoms with Gasteiger partial charge in [0.05, 0.1) is 0 Å². The van der Waals surface area contributed by atoms with Crippen LogP contribution in [0.2, 0.25) is 0 Å². The summed E-state index contributed by atoms with van der Waals surface area (Å²) < 4.78 is 16.9. The molecule has 6 heteroatoms. The van der Waals surface area contributed by atoms with Crippen LogP contribution in [0.4, 0.5) is 0 Å². The van der Waals surface area contributed by atoms with Crippen LogP contribution in [0.3, 0.4) is 0 Å². The van der Waals surface area contributed by atoms with Crippen LogP contribution in [0.5, 0.6) is 0 Å². The molecule has 0 aliphatic rings. The first kappa shape index (κ1) is 62.9. The number of hydrogen-bond donors (Lipinski definition) is 0. The van der Waals surface area contributed by atoms with Crippen molar-refractivity contribution in [2.45, 2.75) is 322 Å². The third-order valence-corrected chi connectivity index (χ3v) is 12.9. The van der Waals surface area contributed by atoms with Crippen molar-refractivity contribution in [2.24, 2.45) is 0 Å². The fourth-order valence-electron chi connectivity index (χ4n) is 8.60. The predicted octanol–water partition coefficient (Wildman–Crippen LogP) is 19.1. The topological polar surface area (TPSA) is 78.9 Å². The Labute approximate surface area is 404 Å². The smallest absolute Gasteiger partial charge is 0.306 e. The maximum absolute atomic E-state index is 12.8. The zero-order chi connectivity index (χ0) is 47.2.